The highest BCUT2D eigenvalue weighted by Crippen LogP contribution is 2.25. The summed E-state index contributed by atoms with van der Waals surface area (Å²) in [5, 5.41) is 12.3. The maximum atomic E-state index is 12.7. The van der Waals surface area contributed by atoms with Crippen LogP contribution in [0.15, 0.2) is 59.2 Å². The summed E-state index contributed by atoms with van der Waals surface area (Å²) in [6.45, 7) is 6.69. The standard InChI is InChI=1S/C24H23BrClN5O2/c1-15-7-8-20(26)22(11-15)33-14-30-10-9-21(29-30)24(32)27-19-6-4-5-18(12-19)13-31-17(3)23(25)16(2)28-31/h4-12H,13-14H2,1-3H3,(H,27,32). The van der Waals surface area contributed by atoms with Gasteiger partial charge in [-0.15, -0.1) is 0 Å². The number of anilines is 1. The lowest BCUT2D eigenvalue weighted by atomic mass is 10.2. The van der Waals surface area contributed by atoms with E-state index in [4.69, 9.17) is 16.3 Å². The highest BCUT2D eigenvalue weighted by molar-refractivity contribution is 9.10. The van der Waals surface area contributed by atoms with Crippen molar-refractivity contribution in [3.05, 3.63) is 92.4 Å². The minimum absolute atomic E-state index is 0.143. The first kappa shape index (κ1) is 23.1. The summed E-state index contributed by atoms with van der Waals surface area (Å²) in [5.74, 6) is 0.276. The molecule has 2 aromatic carbocycles. The molecule has 0 bridgehead atoms. The van der Waals surface area contributed by atoms with E-state index < -0.39 is 0 Å². The molecule has 2 aromatic heterocycles. The lowest BCUT2D eigenvalue weighted by Crippen LogP contribution is -2.14. The fraction of sp³-hybridized carbons (Fsp3) is 0.208. The number of benzene rings is 2. The Morgan fingerprint density at radius 2 is 1.94 bits per heavy atom. The van der Waals surface area contributed by atoms with Crippen LogP contribution in [0.3, 0.4) is 0 Å². The van der Waals surface area contributed by atoms with Crippen molar-refractivity contribution < 1.29 is 9.53 Å². The number of hydrogen-bond acceptors (Lipinski definition) is 4. The molecule has 0 spiro atoms. The van der Waals surface area contributed by atoms with Crippen LogP contribution in [0, 0.1) is 20.8 Å². The second-order valence-electron chi connectivity index (χ2n) is 7.74. The number of carbonyl (C=O) groups is 1. The highest BCUT2D eigenvalue weighted by Gasteiger charge is 2.12. The van der Waals surface area contributed by atoms with E-state index in [0.717, 1.165) is 27.0 Å². The van der Waals surface area contributed by atoms with Gasteiger partial charge < -0.3 is 10.1 Å². The minimum atomic E-state index is -0.298. The van der Waals surface area contributed by atoms with Gasteiger partial charge in [-0.1, -0.05) is 29.8 Å². The molecule has 9 heteroatoms. The van der Waals surface area contributed by atoms with Gasteiger partial charge in [0.1, 0.15) is 5.75 Å². The van der Waals surface area contributed by atoms with Crippen LogP contribution in [0.5, 0.6) is 5.75 Å². The molecule has 0 saturated heterocycles. The molecule has 7 nitrogen and oxygen atoms in total. The Morgan fingerprint density at radius 1 is 1.12 bits per heavy atom. The fourth-order valence-corrected chi connectivity index (χ4v) is 3.81. The number of ether oxygens (including phenoxy) is 1. The van der Waals surface area contributed by atoms with Crippen LogP contribution in [-0.2, 0) is 13.3 Å². The molecule has 1 N–H and O–H groups in total. The topological polar surface area (TPSA) is 74.0 Å². The van der Waals surface area contributed by atoms with Crippen LogP contribution < -0.4 is 10.1 Å². The summed E-state index contributed by atoms with van der Waals surface area (Å²) in [7, 11) is 0. The van der Waals surface area contributed by atoms with Gasteiger partial charge in [0.2, 0.25) is 0 Å². The molecule has 0 saturated carbocycles. The molecular formula is C24H23BrClN5O2. The van der Waals surface area contributed by atoms with E-state index in [1.165, 1.54) is 0 Å². The molecule has 4 rings (SSSR count). The monoisotopic (exact) mass is 527 g/mol. The summed E-state index contributed by atoms with van der Waals surface area (Å²) in [6.07, 6.45) is 1.69. The van der Waals surface area contributed by atoms with Crippen molar-refractivity contribution in [2.75, 3.05) is 5.32 Å². The van der Waals surface area contributed by atoms with Crippen molar-refractivity contribution in [3.8, 4) is 5.75 Å². The van der Waals surface area contributed by atoms with E-state index in [2.05, 4.69) is 31.4 Å². The second-order valence-corrected chi connectivity index (χ2v) is 8.94. The van der Waals surface area contributed by atoms with Gasteiger partial charge in [-0.2, -0.15) is 10.2 Å². The van der Waals surface area contributed by atoms with E-state index in [-0.39, 0.29) is 12.6 Å². The zero-order valence-corrected chi connectivity index (χ0v) is 20.8. The van der Waals surface area contributed by atoms with Crippen molar-refractivity contribution in [1.82, 2.24) is 19.6 Å². The van der Waals surface area contributed by atoms with Crippen LogP contribution in [0.1, 0.15) is 33.0 Å². The predicted octanol–water partition coefficient (Wildman–Crippen LogP) is 5.76. The first-order chi connectivity index (χ1) is 15.8. The molecule has 33 heavy (non-hydrogen) atoms. The minimum Gasteiger partial charge on any atom is -0.470 e. The van der Waals surface area contributed by atoms with Crippen molar-refractivity contribution in [3.63, 3.8) is 0 Å². The van der Waals surface area contributed by atoms with E-state index in [1.54, 1.807) is 23.0 Å². The fourth-order valence-electron chi connectivity index (χ4n) is 3.36. The number of amides is 1. The number of halogens is 2. The second kappa shape index (κ2) is 9.80. The molecule has 170 valence electrons. The smallest absolute Gasteiger partial charge is 0.276 e. The summed E-state index contributed by atoms with van der Waals surface area (Å²) < 4.78 is 10.2. The maximum Gasteiger partial charge on any atom is 0.276 e. The number of rotatable bonds is 7. The van der Waals surface area contributed by atoms with E-state index in [0.29, 0.717) is 28.7 Å². The summed E-state index contributed by atoms with van der Waals surface area (Å²) in [5.41, 5.74) is 5.06. The van der Waals surface area contributed by atoms with Crippen molar-refractivity contribution in [2.24, 2.45) is 0 Å². The first-order valence-corrected chi connectivity index (χ1v) is 11.5. The molecule has 0 aliphatic carbocycles. The lowest BCUT2D eigenvalue weighted by molar-refractivity contribution is 0.102. The Hall–Kier alpha value is -3.10. The van der Waals surface area contributed by atoms with Gasteiger partial charge in [0.25, 0.3) is 5.91 Å². The zero-order valence-electron chi connectivity index (χ0n) is 18.5. The quantitative estimate of drug-likeness (QED) is 0.331. The normalized spacial score (nSPS) is 10.9. The number of carbonyl (C=O) groups excluding carboxylic acids is 1. The van der Waals surface area contributed by atoms with Crippen LogP contribution in [0.25, 0.3) is 0 Å². The Morgan fingerprint density at radius 3 is 2.70 bits per heavy atom. The van der Waals surface area contributed by atoms with Gasteiger partial charge in [-0.3, -0.25) is 9.48 Å². The van der Waals surface area contributed by atoms with Crippen molar-refractivity contribution in [2.45, 2.75) is 34.0 Å². The van der Waals surface area contributed by atoms with Gasteiger partial charge in [0.15, 0.2) is 12.4 Å². The van der Waals surface area contributed by atoms with Crippen molar-refractivity contribution in [1.29, 1.82) is 0 Å². The Labute approximate surface area is 205 Å². The predicted molar refractivity (Wildman–Crippen MR) is 132 cm³/mol. The van der Waals surface area contributed by atoms with E-state index in [1.807, 2.05) is 61.9 Å². The Kier molecular flexibility index (Phi) is 6.85. The number of aromatic nitrogens is 4. The third kappa shape index (κ3) is 5.46. The van der Waals surface area contributed by atoms with Gasteiger partial charge in [-0.05, 0) is 78.2 Å². The number of nitrogens with one attached hydrogen (secondary N) is 1. The Bertz CT molecular complexity index is 1310. The maximum absolute atomic E-state index is 12.7. The van der Waals surface area contributed by atoms with Crippen LogP contribution in [-0.4, -0.2) is 25.5 Å². The van der Waals surface area contributed by atoms with Gasteiger partial charge in [0, 0.05) is 11.9 Å². The molecule has 0 fully saturated rings. The SMILES string of the molecule is Cc1ccc(Cl)c(OCn2ccc(C(=O)Nc3cccc(Cn4nc(C)c(Br)c4C)c3)n2)c1. The first-order valence-electron chi connectivity index (χ1n) is 10.3. The highest BCUT2D eigenvalue weighted by atomic mass is 79.9. The third-order valence-corrected chi connectivity index (χ3v) is 6.58. The average Bonchev–Trinajstić information content (AvgIpc) is 3.36. The van der Waals surface area contributed by atoms with Crippen LogP contribution in [0.4, 0.5) is 5.69 Å². The molecule has 1 amide bonds. The summed E-state index contributed by atoms with van der Waals surface area (Å²) in [6, 6.07) is 14.9. The van der Waals surface area contributed by atoms with Gasteiger partial charge in [-0.25, -0.2) is 4.68 Å². The molecule has 0 atom stereocenters. The molecule has 0 aliphatic heterocycles. The van der Waals surface area contributed by atoms with Gasteiger partial charge in [0.05, 0.1) is 27.4 Å². The largest absolute Gasteiger partial charge is 0.470 e. The molecule has 0 radical (unpaired) electrons. The third-order valence-electron chi connectivity index (χ3n) is 5.12. The van der Waals surface area contributed by atoms with E-state index in [9.17, 15) is 4.79 Å². The average molecular weight is 529 g/mol. The van der Waals surface area contributed by atoms with Crippen LogP contribution >= 0.6 is 27.5 Å². The Balaban J connectivity index is 1.39. The number of nitrogens with zero attached hydrogens (tertiary/aromatic N) is 4. The number of aryl methyl sites for hydroxylation is 2. The molecule has 4 aromatic rings. The summed E-state index contributed by atoms with van der Waals surface area (Å²) in [4.78, 5) is 12.7. The molecule has 0 unspecified atom stereocenters. The van der Waals surface area contributed by atoms with Crippen LogP contribution in [0.2, 0.25) is 5.02 Å². The molecule has 2 heterocycles. The lowest BCUT2D eigenvalue weighted by Gasteiger charge is -2.09. The molecular weight excluding hydrogens is 506 g/mol. The van der Waals surface area contributed by atoms with Gasteiger partial charge >= 0.3 is 0 Å². The van der Waals surface area contributed by atoms with Crippen molar-refractivity contribution >= 4 is 39.1 Å². The van der Waals surface area contributed by atoms with E-state index >= 15 is 0 Å². The number of hydrogen-bond donors (Lipinski definition) is 1. The zero-order chi connectivity index (χ0) is 23.5. The molecule has 0 aliphatic rings. The summed E-state index contributed by atoms with van der Waals surface area (Å²) >= 11 is 9.72.